The molecule has 0 aromatic carbocycles. The van der Waals surface area contributed by atoms with Crippen LogP contribution in [0.5, 0.6) is 0 Å². The highest BCUT2D eigenvalue weighted by Crippen LogP contribution is 2.06. The Morgan fingerprint density at radius 3 is 1.45 bits per heavy atom. The lowest BCUT2D eigenvalue weighted by Crippen LogP contribution is -2.89. The molecule has 3 N–H and O–H groups in total. The normalized spacial score (nSPS) is 18.5. The van der Waals surface area contributed by atoms with Gasteiger partial charge in [-0.2, -0.15) is 0 Å². The van der Waals surface area contributed by atoms with Gasteiger partial charge < -0.3 is 27.9 Å². The Labute approximate surface area is 62.5 Å². The summed E-state index contributed by atoms with van der Waals surface area (Å²) in [6, 6.07) is 0. The van der Waals surface area contributed by atoms with Crippen molar-refractivity contribution in [2.24, 2.45) is 0 Å². The van der Waals surface area contributed by atoms with Gasteiger partial charge in [-0.3, -0.25) is 0 Å². The van der Waals surface area contributed by atoms with Gasteiger partial charge in [-0.15, -0.1) is 0 Å². The molecular weight excluding hydrogens is 163 g/mol. The average Bonchev–Trinajstić information content (AvgIpc) is 1.88. The molecule has 2 nitrogen and oxygen atoms in total. The van der Waals surface area contributed by atoms with E-state index in [1.807, 2.05) is 0 Å². The van der Waals surface area contributed by atoms with Gasteiger partial charge >= 0.3 is 7.25 Å². The minimum Gasteiger partial charge on any atom is -0.418 e. The van der Waals surface area contributed by atoms with Gasteiger partial charge in [-0.25, -0.2) is 0 Å². The van der Waals surface area contributed by atoms with Crippen molar-refractivity contribution in [3.05, 3.63) is 0 Å². The van der Waals surface area contributed by atoms with E-state index in [1.165, 1.54) is 26.2 Å². The Hall–Kier alpha value is -0.295. The van der Waals surface area contributed by atoms with E-state index in [1.54, 1.807) is 0 Å². The Kier molecular flexibility index (Phi) is 5.22. The molecule has 0 radical (unpaired) electrons. The summed E-state index contributed by atoms with van der Waals surface area (Å²) >= 11 is 0. The van der Waals surface area contributed by atoms with E-state index in [0.29, 0.717) is 0 Å². The monoisotopic (exact) mass is 174 g/mol. The first kappa shape index (κ1) is 10.7. The van der Waals surface area contributed by atoms with Crippen molar-refractivity contribution in [3.63, 3.8) is 0 Å². The van der Waals surface area contributed by atoms with E-state index in [-0.39, 0.29) is 0 Å². The lowest BCUT2D eigenvalue weighted by molar-refractivity contribution is -0.657. The number of piperazine rings is 1. The summed E-state index contributed by atoms with van der Waals surface area (Å²) in [5.41, 5.74) is 0. The molecule has 0 aromatic rings. The van der Waals surface area contributed by atoms with Crippen LogP contribution in [0.1, 0.15) is 0 Å². The largest absolute Gasteiger partial charge is 0.673 e. The third-order valence-electron chi connectivity index (χ3n) is 1.05. The molecule has 0 atom stereocenters. The number of quaternary nitrogens is 1. The summed E-state index contributed by atoms with van der Waals surface area (Å²) in [6.45, 7) is 4.92. The molecule has 0 saturated carbocycles. The Bertz CT molecular complexity index is 75.1. The van der Waals surface area contributed by atoms with Gasteiger partial charge in [-0.1, -0.05) is 0 Å². The second-order valence-electron chi connectivity index (χ2n) is 2.11. The number of hydrogen-bond donors (Lipinski definition) is 2. The Morgan fingerprint density at radius 1 is 1.00 bits per heavy atom. The number of halogens is 4. The van der Waals surface area contributed by atoms with E-state index in [2.05, 4.69) is 10.6 Å². The molecule has 0 unspecified atom stereocenters. The second-order valence-corrected chi connectivity index (χ2v) is 2.11. The topological polar surface area (TPSA) is 28.6 Å². The maximum absolute atomic E-state index is 9.75. The van der Waals surface area contributed by atoms with E-state index in [9.17, 15) is 17.3 Å². The zero-order valence-corrected chi connectivity index (χ0v) is 5.99. The van der Waals surface area contributed by atoms with Crippen molar-refractivity contribution < 1.29 is 22.6 Å². The molecule has 0 bridgehead atoms. The van der Waals surface area contributed by atoms with Crippen molar-refractivity contribution in [2.75, 3.05) is 26.2 Å². The van der Waals surface area contributed by atoms with Crippen LogP contribution in [-0.2, 0) is 0 Å². The van der Waals surface area contributed by atoms with Gasteiger partial charge in [-0.05, 0) is 0 Å². The highest BCUT2D eigenvalue weighted by molar-refractivity contribution is 6.50. The van der Waals surface area contributed by atoms with Crippen LogP contribution in [-0.4, -0.2) is 33.4 Å². The highest BCUT2D eigenvalue weighted by Gasteiger charge is 2.20. The fourth-order valence-electron chi connectivity index (χ4n) is 0.678. The molecule has 0 spiro atoms. The maximum Gasteiger partial charge on any atom is 0.673 e. The molecular formula is C4H11BF4N2. The zero-order chi connectivity index (χ0) is 8.74. The van der Waals surface area contributed by atoms with Crippen LogP contribution in [0, 0.1) is 0 Å². The molecule has 1 aliphatic rings. The zero-order valence-electron chi connectivity index (χ0n) is 5.99. The van der Waals surface area contributed by atoms with Crippen LogP contribution in [0.2, 0.25) is 0 Å². The first-order valence-electron chi connectivity index (χ1n) is 3.40. The quantitative estimate of drug-likeness (QED) is 0.374. The smallest absolute Gasteiger partial charge is 0.418 e. The first-order chi connectivity index (χ1) is 5.00. The van der Waals surface area contributed by atoms with Crippen LogP contribution in [0.15, 0.2) is 0 Å². The lowest BCUT2D eigenvalue weighted by Gasteiger charge is -2.07. The first-order valence-corrected chi connectivity index (χ1v) is 3.40. The van der Waals surface area contributed by atoms with Crippen LogP contribution < -0.4 is 10.6 Å². The average molecular weight is 174 g/mol. The standard InChI is InChI=1S/C4H10N2.BF4/c1-2-6-4-3-5-1;2-1(3,4)5/h5-6H,1-4H2;/q;-1/p+1. The molecule has 1 heterocycles. The van der Waals surface area contributed by atoms with Gasteiger partial charge in [0.05, 0.1) is 13.1 Å². The summed E-state index contributed by atoms with van der Waals surface area (Å²) in [4.78, 5) is 0. The Balaban J connectivity index is 0.000000187. The van der Waals surface area contributed by atoms with Crippen molar-refractivity contribution >= 4 is 7.25 Å². The van der Waals surface area contributed by atoms with Crippen LogP contribution >= 0.6 is 0 Å². The highest BCUT2D eigenvalue weighted by atomic mass is 19.5. The van der Waals surface area contributed by atoms with Crippen LogP contribution in [0.4, 0.5) is 17.3 Å². The number of rotatable bonds is 0. The van der Waals surface area contributed by atoms with Crippen molar-refractivity contribution in [1.82, 2.24) is 5.32 Å². The van der Waals surface area contributed by atoms with Crippen LogP contribution in [0.25, 0.3) is 0 Å². The second kappa shape index (κ2) is 5.37. The number of nitrogens with one attached hydrogen (secondary N) is 1. The summed E-state index contributed by atoms with van der Waals surface area (Å²) in [5, 5.41) is 5.58. The Morgan fingerprint density at radius 2 is 1.36 bits per heavy atom. The summed E-state index contributed by atoms with van der Waals surface area (Å²) in [6.07, 6.45) is 0. The predicted octanol–water partition coefficient (Wildman–Crippen LogP) is -0.547. The molecule has 0 amide bonds. The molecule has 0 aromatic heterocycles. The summed E-state index contributed by atoms with van der Waals surface area (Å²) < 4.78 is 39.0. The summed E-state index contributed by atoms with van der Waals surface area (Å²) in [5.74, 6) is 0. The van der Waals surface area contributed by atoms with Gasteiger partial charge in [0.25, 0.3) is 0 Å². The maximum atomic E-state index is 9.75. The molecule has 7 heteroatoms. The molecule has 1 fully saturated rings. The van der Waals surface area contributed by atoms with E-state index < -0.39 is 7.25 Å². The number of hydrogen-bond acceptors (Lipinski definition) is 1. The lowest BCUT2D eigenvalue weighted by atomic mass is 10.3. The molecule has 1 aliphatic heterocycles. The predicted molar refractivity (Wildman–Crippen MR) is 34.7 cm³/mol. The fraction of sp³-hybridized carbons (Fsp3) is 1.00. The SMILES string of the molecule is C1C[NH2+]CCN1.F[B-](F)(F)F. The van der Waals surface area contributed by atoms with E-state index >= 15 is 0 Å². The summed E-state index contributed by atoms with van der Waals surface area (Å²) in [7, 11) is -6.00. The van der Waals surface area contributed by atoms with E-state index in [0.717, 1.165) is 0 Å². The molecule has 0 aliphatic carbocycles. The number of nitrogens with two attached hydrogens (primary N) is 1. The van der Waals surface area contributed by atoms with Gasteiger partial charge in [0, 0.05) is 13.1 Å². The van der Waals surface area contributed by atoms with Crippen molar-refractivity contribution in [3.8, 4) is 0 Å². The third-order valence-corrected chi connectivity index (χ3v) is 1.05. The third kappa shape index (κ3) is 17.7. The van der Waals surface area contributed by atoms with E-state index in [4.69, 9.17) is 0 Å². The van der Waals surface area contributed by atoms with Gasteiger partial charge in [0.2, 0.25) is 0 Å². The minimum atomic E-state index is -6.00. The molecule has 1 saturated heterocycles. The fourth-order valence-corrected chi connectivity index (χ4v) is 0.678. The van der Waals surface area contributed by atoms with Crippen LogP contribution in [0.3, 0.4) is 0 Å². The molecule has 1 rings (SSSR count). The van der Waals surface area contributed by atoms with Gasteiger partial charge in [0.1, 0.15) is 0 Å². The van der Waals surface area contributed by atoms with Crippen molar-refractivity contribution in [1.29, 1.82) is 0 Å². The molecule has 11 heavy (non-hydrogen) atoms. The minimum absolute atomic E-state index is 1.19. The van der Waals surface area contributed by atoms with Gasteiger partial charge in [0.15, 0.2) is 0 Å². The molecule has 68 valence electrons. The van der Waals surface area contributed by atoms with Crippen molar-refractivity contribution in [2.45, 2.75) is 0 Å².